The van der Waals surface area contributed by atoms with E-state index in [2.05, 4.69) is 10.2 Å². The minimum absolute atomic E-state index is 0.755. The second-order valence-corrected chi connectivity index (χ2v) is 3.58. The molecule has 0 atom stereocenters. The van der Waals surface area contributed by atoms with Gasteiger partial charge in [-0.1, -0.05) is 0 Å². The van der Waals surface area contributed by atoms with Crippen LogP contribution in [0.3, 0.4) is 0 Å². The molecule has 2 aromatic heterocycles. The summed E-state index contributed by atoms with van der Waals surface area (Å²) in [4.78, 5) is 1.91. The van der Waals surface area contributed by atoms with Gasteiger partial charge in [0.15, 0.2) is 11.6 Å². The maximum atomic E-state index is 5.45. The van der Waals surface area contributed by atoms with E-state index in [1.54, 1.807) is 0 Å². The van der Waals surface area contributed by atoms with Gasteiger partial charge in [0.25, 0.3) is 0 Å². The molecule has 0 aliphatic carbocycles. The molecule has 2 aromatic rings. The molecule has 0 amide bonds. The Morgan fingerprint density at radius 3 is 2.33 bits per heavy atom. The third-order valence-electron chi connectivity index (χ3n) is 2.10. The molecule has 0 N–H and O–H groups in total. The summed E-state index contributed by atoms with van der Waals surface area (Å²) in [6.07, 6.45) is 0. The van der Waals surface area contributed by atoms with Crippen molar-refractivity contribution in [2.75, 3.05) is 19.0 Å². The van der Waals surface area contributed by atoms with Crippen LogP contribution in [0.2, 0.25) is 0 Å². The maximum Gasteiger partial charge on any atom is 0.154 e. The van der Waals surface area contributed by atoms with Crippen molar-refractivity contribution < 1.29 is 4.42 Å². The van der Waals surface area contributed by atoms with E-state index in [9.17, 15) is 0 Å². The van der Waals surface area contributed by atoms with Gasteiger partial charge in [0.2, 0.25) is 0 Å². The Bertz CT molecular complexity index is 445. The zero-order chi connectivity index (χ0) is 10.8. The first-order chi connectivity index (χ1) is 7.16. The topological polar surface area (TPSA) is 42.2 Å². The van der Waals surface area contributed by atoms with E-state index in [-0.39, 0.29) is 0 Å². The van der Waals surface area contributed by atoms with E-state index in [1.165, 1.54) is 0 Å². The second-order valence-electron chi connectivity index (χ2n) is 3.58. The highest BCUT2D eigenvalue weighted by atomic mass is 16.3. The summed E-state index contributed by atoms with van der Waals surface area (Å²) in [5.41, 5.74) is 0.758. The van der Waals surface area contributed by atoms with Crippen LogP contribution in [0.1, 0.15) is 5.76 Å². The lowest BCUT2D eigenvalue weighted by molar-refractivity contribution is 0.545. The van der Waals surface area contributed by atoms with Gasteiger partial charge in [-0.2, -0.15) is 0 Å². The molecule has 0 unspecified atom stereocenters. The molecule has 0 saturated carbocycles. The number of furan rings is 1. The van der Waals surface area contributed by atoms with Gasteiger partial charge in [0, 0.05) is 14.1 Å². The lowest BCUT2D eigenvalue weighted by Gasteiger charge is -2.09. The molecule has 15 heavy (non-hydrogen) atoms. The molecular formula is C11H13N3O. The molecule has 0 aliphatic heterocycles. The van der Waals surface area contributed by atoms with E-state index < -0.39 is 0 Å². The molecule has 4 nitrogen and oxygen atoms in total. The summed E-state index contributed by atoms with van der Waals surface area (Å²) in [7, 11) is 3.86. The van der Waals surface area contributed by atoms with Crippen LogP contribution in [0, 0.1) is 6.92 Å². The van der Waals surface area contributed by atoms with Crippen LogP contribution in [-0.2, 0) is 0 Å². The van der Waals surface area contributed by atoms with E-state index >= 15 is 0 Å². The lowest BCUT2D eigenvalue weighted by Crippen LogP contribution is -2.11. The van der Waals surface area contributed by atoms with Crippen molar-refractivity contribution in [3.05, 3.63) is 30.0 Å². The summed E-state index contributed by atoms with van der Waals surface area (Å²) in [6, 6.07) is 7.63. The fourth-order valence-corrected chi connectivity index (χ4v) is 1.27. The van der Waals surface area contributed by atoms with Gasteiger partial charge in [0.05, 0.1) is 0 Å². The number of aryl methyl sites for hydroxylation is 1. The average molecular weight is 203 g/mol. The number of anilines is 1. The van der Waals surface area contributed by atoms with Gasteiger partial charge >= 0.3 is 0 Å². The molecule has 0 radical (unpaired) electrons. The SMILES string of the molecule is Cc1ccc(-c2ccc(N(C)C)nn2)o1. The van der Waals surface area contributed by atoms with Crippen molar-refractivity contribution in [3.63, 3.8) is 0 Å². The highest BCUT2D eigenvalue weighted by Gasteiger charge is 2.05. The Labute approximate surface area is 88.5 Å². The van der Waals surface area contributed by atoms with Crippen molar-refractivity contribution in [3.8, 4) is 11.5 Å². The molecule has 0 aromatic carbocycles. The highest BCUT2D eigenvalue weighted by molar-refractivity contribution is 5.53. The second kappa shape index (κ2) is 3.73. The number of hydrogen-bond acceptors (Lipinski definition) is 4. The van der Waals surface area contributed by atoms with Crippen molar-refractivity contribution in [2.24, 2.45) is 0 Å². The van der Waals surface area contributed by atoms with E-state index in [0.29, 0.717) is 0 Å². The molecule has 0 fully saturated rings. The van der Waals surface area contributed by atoms with Crippen molar-refractivity contribution in [2.45, 2.75) is 6.92 Å². The Hall–Kier alpha value is -1.84. The summed E-state index contributed by atoms with van der Waals surface area (Å²) in [5, 5.41) is 8.18. The Morgan fingerprint density at radius 1 is 1.07 bits per heavy atom. The first kappa shape index (κ1) is 9.71. The number of nitrogens with zero attached hydrogens (tertiary/aromatic N) is 3. The quantitative estimate of drug-likeness (QED) is 0.749. The minimum atomic E-state index is 0.755. The van der Waals surface area contributed by atoms with E-state index in [0.717, 1.165) is 23.0 Å². The minimum Gasteiger partial charge on any atom is -0.460 e. The van der Waals surface area contributed by atoms with Crippen molar-refractivity contribution in [1.82, 2.24) is 10.2 Å². The average Bonchev–Trinajstić information content (AvgIpc) is 2.65. The molecule has 4 heteroatoms. The normalized spacial score (nSPS) is 10.3. The van der Waals surface area contributed by atoms with Crippen LogP contribution < -0.4 is 4.90 Å². The van der Waals surface area contributed by atoms with Crippen LogP contribution in [0.5, 0.6) is 0 Å². The monoisotopic (exact) mass is 203 g/mol. The predicted molar refractivity (Wildman–Crippen MR) is 58.8 cm³/mol. The molecule has 2 rings (SSSR count). The van der Waals surface area contributed by atoms with E-state index in [4.69, 9.17) is 4.42 Å². The largest absolute Gasteiger partial charge is 0.460 e. The van der Waals surface area contributed by atoms with Gasteiger partial charge in [-0.15, -0.1) is 10.2 Å². The molecule has 0 spiro atoms. The van der Waals surface area contributed by atoms with E-state index in [1.807, 2.05) is 50.2 Å². The van der Waals surface area contributed by atoms with Gasteiger partial charge in [0.1, 0.15) is 11.5 Å². The van der Waals surface area contributed by atoms with Crippen LogP contribution in [-0.4, -0.2) is 24.3 Å². The summed E-state index contributed by atoms with van der Waals surface area (Å²) < 4.78 is 5.45. The molecule has 0 saturated heterocycles. The summed E-state index contributed by atoms with van der Waals surface area (Å²) in [5.74, 6) is 2.47. The van der Waals surface area contributed by atoms with Gasteiger partial charge in [-0.05, 0) is 31.2 Å². The number of hydrogen-bond donors (Lipinski definition) is 0. The molecular weight excluding hydrogens is 190 g/mol. The third-order valence-corrected chi connectivity index (χ3v) is 2.10. The Balaban J connectivity index is 2.31. The molecule has 2 heterocycles. The van der Waals surface area contributed by atoms with Crippen LogP contribution >= 0.6 is 0 Å². The zero-order valence-electron chi connectivity index (χ0n) is 9.06. The fraction of sp³-hybridized carbons (Fsp3) is 0.273. The fourth-order valence-electron chi connectivity index (χ4n) is 1.27. The lowest BCUT2D eigenvalue weighted by atomic mass is 10.3. The van der Waals surface area contributed by atoms with Crippen LogP contribution in [0.25, 0.3) is 11.5 Å². The summed E-state index contributed by atoms with van der Waals surface area (Å²) >= 11 is 0. The molecule has 78 valence electrons. The van der Waals surface area contributed by atoms with Crippen LogP contribution in [0.15, 0.2) is 28.7 Å². The van der Waals surface area contributed by atoms with Crippen LogP contribution in [0.4, 0.5) is 5.82 Å². The summed E-state index contributed by atoms with van der Waals surface area (Å²) in [6.45, 7) is 1.91. The molecule has 0 bridgehead atoms. The standard InChI is InChI=1S/C11H13N3O/c1-8-4-6-10(15-8)9-5-7-11(13-12-9)14(2)3/h4-7H,1-3H3. The zero-order valence-corrected chi connectivity index (χ0v) is 9.06. The highest BCUT2D eigenvalue weighted by Crippen LogP contribution is 2.19. The smallest absolute Gasteiger partial charge is 0.154 e. The first-order valence-electron chi connectivity index (χ1n) is 4.74. The first-order valence-corrected chi connectivity index (χ1v) is 4.74. The van der Waals surface area contributed by atoms with Gasteiger partial charge in [-0.3, -0.25) is 0 Å². The number of aromatic nitrogens is 2. The predicted octanol–water partition coefficient (Wildman–Crippen LogP) is 2.11. The Morgan fingerprint density at radius 2 is 1.87 bits per heavy atom. The third kappa shape index (κ3) is 1.98. The van der Waals surface area contributed by atoms with Gasteiger partial charge < -0.3 is 9.32 Å². The maximum absolute atomic E-state index is 5.45. The Kier molecular flexibility index (Phi) is 2.41. The van der Waals surface area contributed by atoms with Gasteiger partial charge in [-0.25, -0.2) is 0 Å². The van der Waals surface area contributed by atoms with Crippen molar-refractivity contribution >= 4 is 5.82 Å². The van der Waals surface area contributed by atoms with Crippen molar-refractivity contribution in [1.29, 1.82) is 0 Å². The molecule has 0 aliphatic rings. The number of rotatable bonds is 2.